The molecule has 0 bridgehead atoms. The van der Waals surface area contributed by atoms with E-state index in [0.29, 0.717) is 37.1 Å². The van der Waals surface area contributed by atoms with Crippen LogP contribution in [0.2, 0.25) is 0 Å². The summed E-state index contributed by atoms with van der Waals surface area (Å²) < 4.78 is 16.9. The van der Waals surface area contributed by atoms with Crippen LogP contribution in [-0.2, 0) is 19.0 Å². The number of para-hydroxylation sites is 2. The van der Waals surface area contributed by atoms with Gasteiger partial charge in [-0.05, 0) is 51.3 Å². The van der Waals surface area contributed by atoms with Gasteiger partial charge < -0.3 is 19.3 Å². The minimum absolute atomic E-state index is 0.188. The van der Waals surface area contributed by atoms with E-state index in [1.54, 1.807) is 0 Å². The van der Waals surface area contributed by atoms with Gasteiger partial charge in [-0.25, -0.2) is 9.97 Å². The zero-order valence-corrected chi connectivity index (χ0v) is 20.1. The summed E-state index contributed by atoms with van der Waals surface area (Å²) in [6.07, 6.45) is 8.05. The van der Waals surface area contributed by atoms with Crippen LogP contribution in [0.5, 0.6) is 0 Å². The Balaban J connectivity index is 1.82. The summed E-state index contributed by atoms with van der Waals surface area (Å²) in [6, 6.07) is 7.67. The average Bonchev–Trinajstić information content (AvgIpc) is 3.10. The van der Waals surface area contributed by atoms with E-state index in [1.165, 1.54) is 7.11 Å². The highest BCUT2D eigenvalue weighted by molar-refractivity contribution is 5.75. The number of nitrogens with zero attached hydrogens (tertiary/aromatic N) is 2. The van der Waals surface area contributed by atoms with E-state index in [9.17, 15) is 9.90 Å². The molecule has 1 aliphatic rings. The van der Waals surface area contributed by atoms with Crippen LogP contribution in [-0.4, -0.2) is 46.1 Å². The monoisotopic (exact) mass is 456 g/mol. The van der Waals surface area contributed by atoms with Crippen molar-refractivity contribution in [1.29, 1.82) is 0 Å². The number of hydrogen-bond acceptors (Lipinski definition) is 7. The second kappa shape index (κ2) is 11.7. The van der Waals surface area contributed by atoms with Crippen molar-refractivity contribution < 1.29 is 24.1 Å². The van der Waals surface area contributed by atoms with Gasteiger partial charge in [0.15, 0.2) is 5.79 Å². The maximum Gasteiger partial charge on any atom is 0.305 e. The third-order valence-corrected chi connectivity index (χ3v) is 5.79. The number of fused-ring (bicyclic) bond motifs is 1. The molecule has 0 aliphatic carbocycles. The third-order valence-electron chi connectivity index (χ3n) is 5.79. The molecule has 2 heterocycles. The molecular weight excluding hydrogens is 420 g/mol. The van der Waals surface area contributed by atoms with Gasteiger partial charge in [0.2, 0.25) is 0 Å². The van der Waals surface area contributed by atoms with Crippen LogP contribution in [0.3, 0.4) is 0 Å². The van der Waals surface area contributed by atoms with Crippen molar-refractivity contribution in [2.75, 3.05) is 7.11 Å². The fourth-order valence-corrected chi connectivity index (χ4v) is 4.10. The highest BCUT2D eigenvalue weighted by atomic mass is 16.7. The maximum absolute atomic E-state index is 11.5. The molecule has 7 nitrogen and oxygen atoms in total. The second-order valence-electron chi connectivity index (χ2n) is 8.96. The molecule has 7 heteroatoms. The first kappa shape index (κ1) is 25.3. The summed E-state index contributed by atoms with van der Waals surface area (Å²) in [5.41, 5.74) is 2.77. The SMILES string of the molecule is CCCCCC(O)c1nc2ccccc2nc1/C=C/C1OC(C)(C)OC1CCCC(=O)OC. The van der Waals surface area contributed by atoms with E-state index in [-0.39, 0.29) is 18.2 Å². The second-order valence-corrected chi connectivity index (χ2v) is 8.96. The van der Waals surface area contributed by atoms with Gasteiger partial charge in [-0.1, -0.05) is 44.4 Å². The van der Waals surface area contributed by atoms with E-state index in [0.717, 1.165) is 30.3 Å². The third kappa shape index (κ3) is 7.06. The summed E-state index contributed by atoms with van der Waals surface area (Å²) in [5, 5.41) is 10.9. The fraction of sp³-hybridized carbons (Fsp3) is 0.577. The van der Waals surface area contributed by atoms with Gasteiger partial charge in [-0.3, -0.25) is 4.79 Å². The largest absolute Gasteiger partial charge is 0.469 e. The Kier molecular flexibility index (Phi) is 8.95. The van der Waals surface area contributed by atoms with Gasteiger partial charge in [0.05, 0.1) is 41.7 Å². The molecule has 0 amide bonds. The summed E-state index contributed by atoms with van der Waals surface area (Å²) in [7, 11) is 1.39. The predicted molar refractivity (Wildman–Crippen MR) is 127 cm³/mol. The molecular formula is C26H36N2O5. The van der Waals surface area contributed by atoms with Crippen molar-refractivity contribution in [2.45, 2.75) is 89.8 Å². The molecule has 0 spiro atoms. The molecule has 3 atom stereocenters. The average molecular weight is 457 g/mol. The zero-order chi connectivity index (χ0) is 23.8. The van der Waals surface area contributed by atoms with E-state index in [1.807, 2.05) is 50.3 Å². The number of unbranched alkanes of at least 4 members (excludes halogenated alkanes) is 2. The number of carbonyl (C=O) groups excluding carboxylic acids is 1. The number of aliphatic hydroxyl groups excluding tert-OH is 1. The molecule has 1 saturated heterocycles. The summed E-state index contributed by atoms with van der Waals surface area (Å²) in [5.74, 6) is -0.948. The number of rotatable bonds is 11. The molecule has 0 radical (unpaired) electrons. The Morgan fingerprint density at radius 2 is 1.91 bits per heavy atom. The molecule has 1 aliphatic heterocycles. The topological polar surface area (TPSA) is 90.8 Å². The number of aromatic nitrogens is 2. The van der Waals surface area contributed by atoms with Crippen molar-refractivity contribution in [3.63, 3.8) is 0 Å². The Labute approximate surface area is 196 Å². The summed E-state index contributed by atoms with van der Waals surface area (Å²) in [6.45, 7) is 5.91. The van der Waals surface area contributed by atoms with Crippen molar-refractivity contribution in [1.82, 2.24) is 9.97 Å². The van der Waals surface area contributed by atoms with Gasteiger partial charge in [-0.2, -0.15) is 0 Å². The maximum atomic E-state index is 11.5. The number of carbonyl (C=O) groups is 1. The first-order valence-electron chi connectivity index (χ1n) is 11.9. The van der Waals surface area contributed by atoms with Crippen LogP contribution < -0.4 is 0 Å². The molecule has 0 saturated carbocycles. The molecule has 1 aromatic heterocycles. The number of aliphatic hydroxyl groups is 1. The lowest BCUT2D eigenvalue weighted by molar-refractivity contribution is -0.144. The Morgan fingerprint density at radius 1 is 1.18 bits per heavy atom. The van der Waals surface area contributed by atoms with E-state index in [4.69, 9.17) is 24.2 Å². The number of hydrogen-bond donors (Lipinski definition) is 1. The van der Waals surface area contributed by atoms with E-state index in [2.05, 4.69) is 6.92 Å². The van der Waals surface area contributed by atoms with Crippen LogP contribution in [0.25, 0.3) is 17.1 Å². The van der Waals surface area contributed by atoms with Crippen LogP contribution in [0.15, 0.2) is 30.3 Å². The molecule has 3 rings (SSSR count). The van der Waals surface area contributed by atoms with Crippen molar-refractivity contribution in [3.05, 3.63) is 41.7 Å². The normalized spacial score (nSPS) is 21.0. The smallest absolute Gasteiger partial charge is 0.305 e. The van der Waals surface area contributed by atoms with Gasteiger partial charge >= 0.3 is 5.97 Å². The molecule has 1 aromatic carbocycles. The lowest BCUT2D eigenvalue weighted by Gasteiger charge is -2.16. The fourth-order valence-electron chi connectivity index (χ4n) is 4.10. The Hall–Kier alpha value is -2.35. The van der Waals surface area contributed by atoms with Crippen LogP contribution in [0, 0.1) is 0 Å². The minimum atomic E-state index is -0.720. The molecule has 180 valence electrons. The minimum Gasteiger partial charge on any atom is -0.469 e. The summed E-state index contributed by atoms with van der Waals surface area (Å²) >= 11 is 0. The Bertz CT molecular complexity index is 959. The summed E-state index contributed by atoms with van der Waals surface area (Å²) in [4.78, 5) is 21.0. The molecule has 2 aromatic rings. The van der Waals surface area contributed by atoms with Gasteiger partial charge in [0.25, 0.3) is 0 Å². The van der Waals surface area contributed by atoms with Crippen LogP contribution in [0.1, 0.15) is 83.2 Å². The first-order valence-corrected chi connectivity index (χ1v) is 11.9. The van der Waals surface area contributed by atoms with E-state index >= 15 is 0 Å². The molecule has 1 fully saturated rings. The number of methoxy groups -OCH3 is 1. The van der Waals surface area contributed by atoms with Gasteiger partial charge in [0.1, 0.15) is 6.10 Å². The lowest BCUT2D eigenvalue weighted by Crippen LogP contribution is -2.21. The number of esters is 1. The van der Waals surface area contributed by atoms with Crippen LogP contribution in [0.4, 0.5) is 0 Å². The standard InChI is InChI=1S/C26H36N2O5/c1-5-6-7-13-21(29)25-20(27-18-11-8-9-12-19(18)28-25)16-17-23-22(32-26(2,3)33-23)14-10-15-24(30)31-4/h8-9,11-12,16-17,21-23,29H,5-7,10,13-15H2,1-4H3/b17-16+. The highest BCUT2D eigenvalue weighted by Gasteiger charge is 2.39. The first-order chi connectivity index (χ1) is 15.8. The van der Waals surface area contributed by atoms with Crippen molar-refractivity contribution in [3.8, 4) is 0 Å². The van der Waals surface area contributed by atoms with Crippen molar-refractivity contribution >= 4 is 23.1 Å². The number of ether oxygens (including phenoxy) is 3. The predicted octanol–water partition coefficient (Wildman–Crippen LogP) is 5.12. The van der Waals surface area contributed by atoms with E-state index < -0.39 is 11.9 Å². The molecule has 3 unspecified atom stereocenters. The van der Waals surface area contributed by atoms with Gasteiger partial charge in [-0.15, -0.1) is 0 Å². The van der Waals surface area contributed by atoms with Crippen LogP contribution >= 0.6 is 0 Å². The van der Waals surface area contributed by atoms with Crippen molar-refractivity contribution in [2.24, 2.45) is 0 Å². The van der Waals surface area contributed by atoms with Gasteiger partial charge in [0, 0.05) is 6.42 Å². The molecule has 33 heavy (non-hydrogen) atoms. The number of benzene rings is 1. The Morgan fingerprint density at radius 3 is 2.61 bits per heavy atom. The molecule has 1 N–H and O–H groups in total. The quantitative estimate of drug-likeness (QED) is 0.371. The highest BCUT2D eigenvalue weighted by Crippen LogP contribution is 2.32. The lowest BCUT2D eigenvalue weighted by atomic mass is 10.0. The zero-order valence-electron chi connectivity index (χ0n) is 20.1.